The number of carboxylic acid groups (broad SMARTS) is 1. The van der Waals surface area contributed by atoms with Gasteiger partial charge in [0.15, 0.2) is 6.61 Å². The van der Waals surface area contributed by atoms with Crippen molar-refractivity contribution in [2.75, 3.05) is 11.9 Å². The van der Waals surface area contributed by atoms with Crippen molar-refractivity contribution >= 4 is 46.0 Å². The number of aryl methyl sites for hydroxylation is 1. The molecule has 0 radical (unpaired) electrons. The Kier molecular flexibility index (Phi) is 6.88. The van der Waals surface area contributed by atoms with E-state index in [2.05, 4.69) is 17.4 Å². The van der Waals surface area contributed by atoms with E-state index >= 15 is 0 Å². The lowest BCUT2D eigenvalue weighted by Gasteiger charge is -2.26. The number of benzene rings is 3. The molecule has 1 aliphatic rings. The molecule has 37 heavy (non-hydrogen) atoms. The third-order valence-corrected chi connectivity index (χ3v) is 6.88. The summed E-state index contributed by atoms with van der Waals surface area (Å²) in [6.45, 7) is -0.530. The lowest BCUT2D eigenvalue weighted by Crippen LogP contribution is -2.24. The molecule has 1 amide bonds. The van der Waals surface area contributed by atoms with E-state index in [1.807, 2.05) is 42.5 Å². The number of para-hydroxylation sites is 1. The number of carbonyl (C=O) groups excluding carboxylic acids is 2. The Morgan fingerprint density at radius 2 is 1.78 bits per heavy atom. The van der Waals surface area contributed by atoms with Crippen LogP contribution < -0.4 is 5.32 Å². The minimum Gasteiger partial charge on any atom is -0.478 e. The Morgan fingerprint density at radius 1 is 1.03 bits per heavy atom. The summed E-state index contributed by atoms with van der Waals surface area (Å²) >= 11 is 5.89. The number of fused-ring (bicyclic) bond motifs is 2. The number of carboxylic acids is 1. The van der Waals surface area contributed by atoms with Gasteiger partial charge in [-0.2, -0.15) is 0 Å². The zero-order valence-electron chi connectivity index (χ0n) is 19.7. The average molecular weight is 515 g/mol. The zero-order valence-corrected chi connectivity index (χ0v) is 20.5. The summed E-state index contributed by atoms with van der Waals surface area (Å²) in [5.74, 6) is -2.15. The average Bonchev–Trinajstić information content (AvgIpc) is 2.91. The standard InChI is InChI=1S/C29H23ClN2O5/c30-23-12-11-19(15-21(23)28(34)35)31-26(33)16-37-29(36)27-20-8-4-5-9-24(20)32-25-13-10-18(14-22(25)27)17-6-2-1-3-7-17/h1-9,11-12,15,18H,10,13-14,16H2,(H,31,33)(H,34,35). The molecule has 3 aromatic carbocycles. The lowest BCUT2D eigenvalue weighted by atomic mass is 9.80. The van der Waals surface area contributed by atoms with Gasteiger partial charge in [0.2, 0.25) is 0 Å². The number of nitrogens with zero attached hydrogens (tertiary/aromatic N) is 1. The number of hydrogen-bond acceptors (Lipinski definition) is 5. The number of esters is 1. The fourth-order valence-electron chi connectivity index (χ4n) is 4.80. The van der Waals surface area contributed by atoms with Crippen molar-refractivity contribution in [2.24, 2.45) is 0 Å². The van der Waals surface area contributed by atoms with Gasteiger partial charge < -0.3 is 15.2 Å². The van der Waals surface area contributed by atoms with Gasteiger partial charge in [-0.25, -0.2) is 9.59 Å². The lowest BCUT2D eigenvalue weighted by molar-refractivity contribution is -0.119. The second-order valence-corrected chi connectivity index (χ2v) is 9.31. The molecule has 0 spiro atoms. The molecular formula is C29H23ClN2O5. The van der Waals surface area contributed by atoms with Crippen LogP contribution in [0.25, 0.3) is 10.9 Å². The summed E-state index contributed by atoms with van der Waals surface area (Å²) in [6.07, 6.45) is 2.32. The molecule has 7 nitrogen and oxygen atoms in total. The van der Waals surface area contributed by atoms with Gasteiger partial charge in [0, 0.05) is 16.8 Å². The van der Waals surface area contributed by atoms with Crippen LogP contribution in [-0.2, 0) is 22.4 Å². The van der Waals surface area contributed by atoms with Gasteiger partial charge in [0.1, 0.15) is 0 Å². The van der Waals surface area contributed by atoms with Crippen LogP contribution in [0, 0.1) is 0 Å². The molecule has 0 saturated heterocycles. The van der Waals surface area contributed by atoms with E-state index in [1.54, 1.807) is 0 Å². The number of aromatic carboxylic acids is 1. The van der Waals surface area contributed by atoms with Crippen LogP contribution in [0.4, 0.5) is 5.69 Å². The van der Waals surface area contributed by atoms with E-state index in [-0.39, 0.29) is 22.2 Å². The Bertz CT molecular complexity index is 1520. The normalized spacial score (nSPS) is 14.6. The number of pyridine rings is 1. The summed E-state index contributed by atoms with van der Waals surface area (Å²) in [5, 5.41) is 12.5. The highest BCUT2D eigenvalue weighted by molar-refractivity contribution is 6.33. The predicted octanol–water partition coefficient (Wildman–Crippen LogP) is 5.65. The maximum Gasteiger partial charge on any atom is 0.339 e. The van der Waals surface area contributed by atoms with E-state index in [9.17, 15) is 19.5 Å². The minimum atomic E-state index is -1.21. The molecule has 0 fully saturated rings. The van der Waals surface area contributed by atoms with Crippen LogP contribution in [0.1, 0.15) is 49.9 Å². The molecular weight excluding hydrogens is 492 g/mol. The number of hydrogen-bond donors (Lipinski definition) is 2. The van der Waals surface area contributed by atoms with E-state index in [0.717, 1.165) is 24.1 Å². The van der Waals surface area contributed by atoms with Crippen molar-refractivity contribution in [1.29, 1.82) is 0 Å². The fourth-order valence-corrected chi connectivity index (χ4v) is 5.00. The smallest absolute Gasteiger partial charge is 0.339 e. The third kappa shape index (κ3) is 5.17. The quantitative estimate of drug-likeness (QED) is 0.322. The van der Waals surface area contributed by atoms with Crippen LogP contribution >= 0.6 is 11.6 Å². The topological polar surface area (TPSA) is 106 Å². The van der Waals surface area contributed by atoms with E-state index in [1.165, 1.54) is 23.8 Å². The summed E-state index contributed by atoms with van der Waals surface area (Å²) in [6, 6.07) is 21.7. The summed E-state index contributed by atoms with van der Waals surface area (Å²) in [4.78, 5) is 42.0. The predicted molar refractivity (Wildman–Crippen MR) is 140 cm³/mol. The number of anilines is 1. The molecule has 5 rings (SSSR count). The summed E-state index contributed by atoms with van der Waals surface area (Å²) in [5.41, 5.74) is 4.19. The molecule has 186 valence electrons. The molecule has 0 bridgehead atoms. The SMILES string of the molecule is O=C(COC(=O)c1c2c(nc3ccccc13)CCC(c1ccccc1)C2)Nc1ccc(Cl)c(C(=O)O)c1. The van der Waals surface area contributed by atoms with Crippen molar-refractivity contribution in [3.8, 4) is 0 Å². The Hall–Kier alpha value is -4.23. The highest BCUT2D eigenvalue weighted by Gasteiger charge is 2.28. The molecule has 0 aliphatic heterocycles. The highest BCUT2D eigenvalue weighted by Crippen LogP contribution is 2.36. The van der Waals surface area contributed by atoms with E-state index < -0.39 is 24.5 Å². The second kappa shape index (κ2) is 10.4. The molecule has 1 aliphatic carbocycles. The van der Waals surface area contributed by atoms with Crippen molar-refractivity contribution in [3.63, 3.8) is 0 Å². The van der Waals surface area contributed by atoms with Crippen LogP contribution in [0.5, 0.6) is 0 Å². The maximum atomic E-state index is 13.4. The Labute approximate surface area is 218 Å². The van der Waals surface area contributed by atoms with Crippen molar-refractivity contribution in [3.05, 3.63) is 106 Å². The van der Waals surface area contributed by atoms with Gasteiger partial charge in [-0.05, 0) is 60.6 Å². The zero-order chi connectivity index (χ0) is 25.9. The van der Waals surface area contributed by atoms with Gasteiger partial charge >= 0.3 is 11.9 Å². The van der Waals surface area contributed by atoms with Gasteiger partial charge in [0.05, 0.1) is 21.7 Å². The maximum absolute atomic E-state index is 13.4. The molecule has 0 saturated carbocycles. The number of amides is 1. The van der Waals surface area contributed by atoms with Crippen LogP contribution in [0.3, 0.4) is 0 Å². The van der Waals surface area contributed by atoms with Gasteiger partial charge in [-0.3, -0.25) is 9.78 Å². The first-order valence-corrected chi connectivity index (χ1v) is 12.2. The van der Waals surface area contributed by atoms with Crippen LogP contribution in [-0.4, -0.2) is 34.5 Å². The first kappa shape index (κ1) is 24.5. The summed E-state index contributed by atoms with van der Waals surface area (Å²) in [7, 11) is 0. The Balaban J connectivity index is 1.38. The van der Waals surface area contributed by atoms with Crippen molar-refractivity contribution in [1.82, 2.24) is 4.98 Å². The number of rotatable bonds is 6. The second-order valence-electron chi connectivity index (χ2n) is 8.90. The molecule has 1 aromatic heterocycles. The van der Waals surface area contributed by atoms with Gasteiger partial charge in [-0.15, -0.1) is 0 Å². The van der Waals surface area contributed by atoms with E-state index in [0.29, 0.717) is 22.9 Å². The number of halogens is 1. The molecule has 4 aromatic rings. The van der Waals surface area contributed by atoms with Gasteiger partial charge in [0.25, 0.3) is 5.91 Å². The minimum absolute atomic E-state index is 0.0556. The van der Waals surface area contributed by atoms with Crippen LogP contribution in [0.2, 0.25) is 5.02 Å². The summed E-state index contributed by atoms with van der Waals surface area (Å²) < 4.78 is 5.46. The highest BCUT2D eigenvalue weighted by atomic mass is 35.5. The largest absolute Gasteiger partial charge is 0.478 e. The first-order chi connectivity index (χ1) is 17.9. The molecule has 8 heteroatoms. The third-order valence-electron chi connectivity index (χ3n) is 6.55. The molecule has 1 atom stereocenters. The number of aromatic nitrogens is 1. The molecule has 1 unspecified atom stereocenters. The molecule has 2 N–H and O–H groups in total. The number of carbonyl (C=O) groups is 3. The van der Waals surface area contributed by atoms with Gasteiger partial charge in [-0.1, -0.05) is 60.1 Å². The van der Waals surface area contributed by atoms with Crippen molar-refractivity contribution in [2.45, 2.75) is 25.2 Å². The number of ether oxygens (including phenoxy) is 1. The monoisotopic (exact) mass is 514 g/mol. The number of nitrogens with one attached hydrogen (secondary N) is 1. The van der Waals surface area contributed by atoms with Crippen molar-refractivity contribution < 1.29 is 24.2 Å². The van der Waals surface area contributed by atoms with Crippen LogP contribution in [0.15, 0.2) is 72.8 Å². The fraction of sp³-hybridized carbons (Fsp3) is 0.172. The first-order valence-electron chi connectivity index (χ1n) is 11.9. The molecule has 1 heterocycles. The Morgan fingerprint density at radius 3 is 2.57 bits per heavy atom. The van der Waals surface area contributed by atoms with E-state index in [4.69, 9.17) is 21.3 Å².